The number of carboxylic acids is 1. The van der Waals surface area contributed by atoms with E-state index in [-0.39, 0.29) is 6.10 Å². The summed E-state index contributed by atoms with van der Waals surface area (Å²) in [4.78, 5) is 10.4. The van der Waals surface area contributed by atoms with E-state index in [1.807, 2.05) is 13.8 Å². The maximum absolute atomic E-state index is 13.0. The summed E-state index contributed by atoms with van der Waals surface area (Å²) in [7, 11) is 0. The van der Waals surface area contributed by atoms with Crippen molar-refractivity contribution in [1.29, 1.82) is 0 Å². The second-order valence-corrected chi connectivity index (χ2v) is 3.87. The van der Waals surface area contributed by atoms with Gasteiger partial charge in [0.25, 0.3) is 0 Å². The first-order chi connectivity index (χ1) is 7.99. The molecular formula is C13H15FO3. The second-order valence-electron chi connectivity index (χ2n) is 3.87. The van der Waals surface area contributed by atoms with Gasteiger partial charge in [0, 0.05) is 6.08 Å². The number of aliphatic carboxylic acids is 1. The quantitative estimate of drug-likeness (QED) is 0.802. The molecule has 0 saturated carbocycles. The van der Waals surface area contributed by atoms with Gasteiger partial charge in [0.05, 0.1) is 12.7 Å². The highest BCUT2D eigenvalue weighted by molar-refractivity contribution is 5.85. The summed E-state index contributed by atoms with van der Waals surface area (Å²) in [6.07, 6.45) is 2.41. The van der Waals surface area contributed by atoms with E-state index in [0.29, 0.717) is 12.2 Å². The normalized spacial score (nSPS) is 11.3. The van der Waals surface area contributed by atoms with Gasteiger partial charge in [-0.2, -0.15) is 0 Å². The Morgan fingerprint density at radius 2 is 2.24 bits per heavy atom. The number of carbonyl (C=O) groups is 1. The average Bonchev–Trinajstić information content (AvgIpc) is 2.24. The first-order valence-electron chi connectivity index (χ1n) is 5.30. The third kappa shape index (κ3) is 4.78. The lowest BCUT2D eigenvalue weighted by Crippen LogP contribution is -2.03. The van der Waals surface area contributed by atoms with Crippen LogP contribution in [0.5, 0.6) is 0 Å². The molecular weight excluding hydrogens is 223 g/mol. The fraction of sp³-hybridized carbons (Fsp3) is 0.308. The minimum absolute atomic E-state index is 0.0661. The molecule has 1 aromatic carbocycles. The van der Waals surface area contributed by atoms with Crippen LogP contribution in [-0.4, -0.2) is 17.2 Å². The molecule has 92 valence electrons. The molecule has 0 spiro atoms. The summed E-state index contributed by atoms with van der Waals surface area (Å²) in [6.45, 7) is 4.13. The van der Waals surface area contributed by atoms with E-state index in [9.17, 15) is 9.18 Å². The lowest BCUT2D eigenvalue weighted by Gasteiger charge is -2.10. The van der Waals surface area contributed by atoms with Crippen LogP contribution in [0.4, 0.5) is 4.39 Å². The van der Waals surface area contributed by atoms with Crippen molar-refractivity contribution >= 4 is 12.0 Å². The van der Waals surface area contributed by atoms with Crippen LogP contribution in [0.3, 0.4) is 0 Å². The van der Waals surface area contributed by atoms with Crippen LogP contribution < -0.4 is 0 Å². The number of halogens is 1. The van der Waals surface area contributed by atoms with Crippen LogP contribution in [0.15, 0.2) is 24.3 Å². The Hall–Kier alpha value is -1.68. The maximum atomic E-state index is 13.0. The van der Waals surface area contributed by atoms with Crippen molar-refractivity contribution in [3.63, 3.8) is 0 Å². The van der Waals surface area contributed by atoms with Crippen LogP contribution in [0.2, 0.25) is 0 Å². The highest BCUT2D eigenvalue weighted by Crippen LogP contribution is 2.15. The summed E-state index contributed by atoms with van der Waals surface area (Å²) in [5.74, 6) is -1.46. The van der Waals surface area contributed by atoms with E-state index in [1.54, 1.807) is 6.07 Å². The van der Waals surface area contributed by atoms with Crippen LogP contribution in [0.1, 0.15) is 25.0 Å². The summed E-state index contributed by atoms with van der Waals surface area (Å²) < 4.78 is 18.5. The molecule has 0 aliphatic carbocycles. The van der Waals surface area contributed by atoms with Gasteiger partial charge in [0.2, 0.25) is 0 Å². The summed E-state index contributed by atoms with van der Waals surface area (Å²) in [5, 5.41) is 8.54. The Morgan fingerprint density at radius 3 is 2.82 bits per heavy atom. The van der Waals surface area contributed by atoms with Crippen molar-refractivity contribution in [2.45, 2.75) is 26.6 Å². The molecule has 4 heteroatoms. The number of carboxylic acid groups (broad SMARTS) is 1. The molecule has 0 unspecified atom stereocenters. The lowest BCUT2D eigenvalue weighted by molar-refractivity contribution is -0.131. The summed E-state index contributed by atoms with van der Waals surface area (Å²) >= 11 is 0. The third-order valence-corrected chi connectivity index (χ3v) is 2.09. The molecule has 1 N–H and O–H groups in total. The van der Waals surface area contributed by atoms with Gasteiger partial charge in [-0.25, -0.2) is 9.18 Å². The molecule has 0 atom stereocenters. The standard InChI is InChI=1S/C13H15FO3/c1-9(2)17-8-11-3-5-12(14)7-10(11)4-6-13(15)16/h3-7,9H,8H2,1-2H3,(H,15,16). The van der Waals surface area contributed by atoms with E-state index < -0.39 is 11.8 Å². The zero-order valence-corrected chi connectivity index (χ0v) is 9.81. The number of hydrogen-bond donors (Lipinski definition) is 1. The molecule has 0 aromatic heterocycles. The smallest absolute Gasteiger partial charge is 0.328 e. The first-order valence-corrected chi connectivity index (χ1v) is 5.30. The van der Waals surface area contributed by atoms with Crippen LogP contribution in [0, 0.1) is 5.82 Å². The highest BCUT2D eigenvalue weighted by atomic mass is 19.1. The molecule has 0 aliphatic rings. The van der Waals surface area contributed by atoms with Crippen LogP contribution in [-0.2, 0) is 16.1 Å². The number of benzene rings is 1. The van der Waals surface area contributed by atoms with Gasteiger partial charge >= 0.3 is 5.97 Å². The predicted octanol–water partition coefficient (Wildman–Crippen LogP) is 2.85. The average molecular weight is 238 g/mol. The third-order valence-electron chi connectivity index (χ3n) is 2.09. The topological polar surface area (TPSA) is 46.5 Å². The molecule has 0 heterocycles. The number of ether oxygens (including phenoxy) is 1. The Balaban J connectivity index is 2.91. The molecule has 0 fully saturated rings. The van der Waals surface area contributed by atoms with Crippen molar-refractivity contribution < 1.29 is 19.0 Å². The minimum atomic E-state index is -1.06. The predicted molar refractivity (Wildman–Crippen MR) is 63.0 cm³/mol. The molecule has 0 radical (unpaired) electrons. The van der Waals surface area contributed by atoms with E-state index in [0.717, 1.165) is 11.6 Å². The van der Waals surface area contributed by atoms with Gasteiger partial charge < -0.3 is 9.84 Å². The van der Waals surface area contributed by atoms with Crippen LogP contribution in [0.25, 0.3) is 6.08 Å². The molecule has 0 aliphatic heterocycles. The van der Waals surface area contributed by atoms with Crippen molar-refractivity contribution in [3.05, 3.63) is 41.2 Å². The van der Waals surface area contributed by atoms with E-state index in [1.165, 1.54) is 18.2 Å². The van der Waals surface area contributed by atoms with E-state index in [2.05, 4.69) is 0 Å². The largest absolute Gasteiger partial charge is 0.478 e. The van der Waals surface area contributed by atoms with Gasteiger partial charge in [-0.15, -0.1) is 0 Å². The maximum Gasteiger partial charge on any atom is 0.328 e. The molecule has 1 rings (SSSR count). The Labute approximate surface area is 99.5 Å². The van der Waals surface area contributed by atoms with E-state index in [4.69, 9.17) is 9.84 Å². The zero-order chi connectivity index (χ0) is 12.8. The lowest BCUT2D eigenvalue weighted by atomic mass is 10.1. The Kier molecular flexibility index (Phi) is 4.84. The summed E-state index contributed by atoms with van der Waals surface area (Å²) in [5.41, 5.74) is 1.28. The number of rotatable bonds is 5. The molecule has 0 bridgehead atoms. The van der Waals surface area contributed by atoms with Crippen molar-refractivity contribution in [2.24, 2.45) is 0 Å². The molecule has 1 aromatic rings. The van der Waals surface area contributed by atoms with Gasteiger partial charge in [0.15, 0.2) is 0 Å². The van der Waals surface area contributed by atoms with Gasteiger partial charge in [0.1, 0.15) is 5.82 Å². The van der Waals surface area contributed by atoms with Crippen molar-refractivity contribution in [1.82, 2.24) is 0 Å². The monoisotopic (exact) mass is 238 g/mol. The Morgan fingerprint density at radius 1 is 1.53 bits per heavy atom. The molecule has 0 amide bonds. The van der Waals surface area contributed by atoms with Crippen molar-refractivity contribution in [3.8, 4) is 0 Å². The highest BCUT2D eigenvalue weighted by Gasteiger charge is 2.04. The first kappa shape index (κ1) is 13.4. The Bertz CT molecular complexity index is 425. The molecule has 0 saturated heterocycles. The molecule has 3 nitrogen and oxygen atoms in total. The van der Waals surface area contributed by atoms with Gasteiger partial charge in [-0.3, -0.25) is 0 Å². The second kappa shape index (κ2) is 6.15. The SMILES string of the molecule is CC(C)OCc1ccc(F)cc1C=CC(=O)O. The fourth-order valence-corrected chi connectivity index (χ4v) is 1.27. The van der Waals surface area contributed by atoms with Gasteiger partial charge in [-0.1, -0.05) is 6.07 Å². The minimum Gasteiger partial charge on any atom is -0.478 e. The zero-order valence-electron chi connectivity index (χ0n) is 9.81. The molecule has 17 heavy (non-hydrogen) atoms. The summed E-state index contributed by atoms with van der Waals surface area (Å²) in [6, 6.07) is 4.22. The van der Waals surface area contributed by atoms with Gasteiger partial charge in [-0.05, 0) is 43.2 Å². The van der Waals surface area contributed by atoms with Crippen LogP contribution >= 0.6 is 0 Å². The fourth-order valence-electron chi connectivity index (χ4n) is 1.27. The van der Waals surface area contributed by atoms with Crippen molar-refractivity contribution in [2.75, 3.05) is 0 Å². The van der Waals surface area contributed by atoms with E-state index >= 15 is 0 Å². The number of hydrogen-bond acceptors (Lipinski definition) is 2.